The number of amides is 1. The van der Waals surface area contributed by atoms with Crippen LogP contribution in [0.4, 0.5) is 0 Å². The third kappa shape index (κ3) is 2.94. The fourth-order valence-corrected chi connectivity index (χ4v) is 4.07. The zero-order valence-corrected chi connectivity index (χ0v) is 13.3. The number of hydrogen-bond donors (Lipinski definition) is 0. The van der Waals surface area contributed by atoms with Crippen LogP contribution in [0.5, 0.6) is 0 Å². The number of fused-ring (bicyclic) bond motifs is 1. The van der Waals surface area contributed by atoms with Crippen LogP contribution in [-0.2, 0) is 11.3 Å². The van der Waals surface area contributed by atoms with Crippen LogP contribution in [-0.4, -0.2) is 49.1 Å². The Morgan fingerprint density at radius 2 is 2.09 bits per heavy atom. The summed E-state index contributed by atoms with van der Waals surface area (Å²) in [6.45, 7) is 1.74. The molecule has 0 saturated carbocycles. The molecule has 0 aliphatic carbocycles. The molecule has 0 spiro atoms. The number of carbonyl (C=O) groups is 1. The standard InChI is InChI=1S/C15H16N6OS/c22-14(9-21-10-16-18-19-21)20-7-5-11(6-8-20)15-17-12-3-1-2-4-13(12)23-15/h1-4,10-11H,5-9H2. The van der Waals surface area contributed by atoms with E-state index in [1.165, 1.54) is 20.7 Å². The molecule has 1 saturated heterocycles. The quantitative estimate of drug-likeness (QED) is 0.731. The second kappa shape index (κ2) is 6.04. The van der Waals surface area contributed by atoms with Crippen LogP contribution in [0.15, 0.2) is 30.6 Å². The molecule has 7 nitrogen and oxygen atoms in total. The van der Waals surface area contributed by atoms with E-state index in [1.807, 2.05) is 17.0 Å². The van der Waals surface area contributed by atoms with Gasteiger partial charge in [0.25, 0.3) is 0 Å². The number of tetrazole rings is 1. The molecular weight excluding hydrogens is 312 g/mol. The molecule has 4 rings (SSSR count). The highest BCUT2D eigenvalue weighted by atomic mass is 32.1. The molecule has 1 aliphatic heterocycles. The lowest BCUT2D eigenvalue weighted by molar-refractivity contribution is -0.133. The van der Waals surface area contributed by atoms with E-state index in [-0.39, 0.29) is 12.5 Å². The van der Waals surface area contributed by atoms with Crippen molar-refractivity contribution in [2.75, 3.05) is 13.1 Å². The summed E-state index contributed by atoms with van der Waals surface area (Å²) in [5.74, 6) is 0.518. The smallest absolute Gasteiger partial charge is 0.244 e. The van der Waals surface area contributed by atoms with E-state index in [9.17, 15) is 4.79 Å². The molecule has 0 bridgehead atoms. The molecular formula is C15H16N6OS. The molecule has 3 aromatic rings. The van der Waals surface area contributed by atoms with Gasteiger partial charge in [-0.25, -0.2) is 9.67 Å². The lowest BCUT2D eigenvalue weighted by Crippen LogP contribution is -2.39. The van der Waals surface area contributed by atoms with Gasteiger partial charge >= 0.3 is 0 Å². The summed E-state index contributed by atoms with van der Waals surface area (Å²) >= 11 is 1.77. The molecule has 1 aromatic carbocycles. The third-order valence-corrected chi connectivity index (χ3v) is 5.39. The maximum atomic E-state index is 12.2. The fraction of sp³-hybridized carbons (Fsp3) is 0.400. The number of aromatic nitrogens is 5. The van der Waals surface area contributed by atoms with Crippen LogP contribution in [0.2, 0.25) is 0 Å². The zero-order chi connectivity index (χ0) is 15.6. The zero-order valence-electron chi connectivity index (χ0n) is 12.5. The lowest BCUT2D eigenvalue weighted by Gasteiger charge is -2.31. The van der Waals surface area contributed by atoms with Gasteiger partial charge in [0.05, 0.1) is 15.2 Å². The van der Waals surface area contributed by atoms with E-state index >= 15 is 0 Å². The molecule has 3 heterocycles. The minimum absolute atomic E-state index is 0.0695. The van der Waals surface area contributed by atoms with Gasteiger partial charge in [-0.3, -0.25) is 4.79 Å². The van der Waals surface area contributed by atoms with Gasteiger partial charge in [-0.2, -0.15) is 0 Å². The second-order valence-corrected chi connectivity index (χ2v) is 6.74. The van der Waals surface area contributed by atoms with Gasteiger partial charge < -0.3 is 4.90 Å². The molecule has 0 radical (unpaired) electrons. The third-order valence-electron chi connectivity index (χ3n) is 4.20. The highest BCUT2D eigenvalue weighted by Gasteiger charge is 2.26. The molecule has 1 fully saturated rings. The molecule has 1 aliphatic rings. The SMILES string of the molecule is O=C(Cn1cnnn1)N1CCC(c2nc3ccccc3s2)CC1. The topological polar surface area (TPSA) is 76.8 Å². The summed E-state index contributed by atoms with van der Waals surface area (Å²) in [5.41, 5.74) is 1.07. The van der Waals surface area contributed by atoms with E-state index in [1.54, 1.807) is 11.3 Å². The maximum absolute atomic E-state index is 12.2. The van der Waals surface area contributed by atoms with Gasteiger partial charge in [0.2, 0.25) is 5.91 Å². The number of para-hydroxylation sites is 1. The normalized spacial score (nSPS) is 16.1. The summed E-state index contributed by atoms with van der Waals surface area (Å²) in [6, 6.07) is 8.23. The number of carbonyl (C=O) groups excluding carboxylic acids is 1. The fourth-order valence-electron chi connectivity index (χ4n) is 2.93. The Morgan fingerprint density at radius 3 is 2.83 bits per heavy atom. The van der Waals surface area contributed by atoms with Crippen molar-refractivity contribution in [1.82, 2.24) is 30.1 Å². The first-order chi connectivity index (χ1) is 11.3. The Balaban J connectivity index is 1.39. The Labute approximate surface area is 136 Å². The van der Waals surface area contributed by atoms with Crippen LogP contribution in [0, 0.1) is 0 Å². The van der Waals surface area contributed by atoms with E-state index in [4.69, 9.17) is 4.98 Å². The van der Waals surface area contributed by atoms with Crippen molar-refractivity contribution in [3.8, 4) is 0 Å². The Bertz CT molecular complexity index is 773. The first kappa shape index (κ1) is 14.3. The number of likely N-dealkylation sites (tertiary alicyclic amines) is 1. The molecule has 0 atom stereocenters. The predicted molar refractivity (Wildman–Crippen MR) is 86.0 cm³/mol. The largest absolute Gasteiger partial charge is 0.341 e. The van der Waals surface area contributed by atoms with E-state index in [2.05, 4.69) is 27.7 Å². The van der Waals surface area contributed by atoms with Crippen LogP contribution in [0.3, 0.4) is 0 Å². The summed E-state index contributed by atoms with van der Waals surface area (Å²) < 4.78 is 2.70. The number of hydrogen-bond acceptors (Lipinski definition) is 6. The highest BCUT2D eigenvalue weighted by molar-refractivity contribution is 7.18. The number of benzene rings is 1. The number of rotatable bonds is 3. The summed E-state index contributed by atoms with van der Waals surface area (Å²) in [5, 5.41) is 12.0. The lowest BCUT2D eigenvalue weighted by atomic mass is 9.97. The summed E-state index contributed by atoms with van der Waals surface area (Å²) in [7, 11) is 0. The first-order valence-corrected chi connectivity index (χ1v) is 8.45. The van der Waals surface area contributed by atoms with E-state index in [0.717, 1.165) is 31.4 Å². The number of thiazole rings is 1. The van der Waals surface area contributed by atoms with Gasteiger partial charge in [0, 0.05) is 19.0 Å². The van der Waals surface area contributed by atoms with Crippen molar-refractivity contribution in [1.29, 1.82) is 0 Å². The van der Waals surface area contributed by atoms with Crippen molar-refractivity contribution in [3.63, 3.8) is 0 Å². The Kier molecular flexibility index (Phi) is 3.74. The molecule has 0 unspecified atom stereocenters. The molecule has 0 N–H and O–H groups in total. The van der Waals surface area contributed by atoms with E-state index in [0.29, 0.717) is 5.92 Å². The minimum Gasteiger partial charge on any atom is -0.341 e. The first-order valence-electron chi connectivity index (χ1n) is 7.63. The van der Waals surface area contributed by atoms with Crippen LogP contribution >= 0.6 is 11.3 Å². The van der Waals surface area contributed by atoms with E-state index < -0.39 is 0 Å². The Hall–Kier alpha value is -2.35. The Morgan fingerprint density at radius 1 is 1.26 bits per heavy atom. The molecule has 2 aromatic heterocycles. The molecule has 23 heavy (non-hydrogen) atoms. The van der Waals surface area contributed by atoms with Gasteiger partial charge in [0.1, 0.15) is 12.9 Å². The summed E-state index contributed by atoms with van der Waals surface area (Å²) in [6.07, 6.45) is 3.38. The molecule has 1 amide bonds. The molecule has 8 heteroatoms. The minimum atomic E-state index is 0.0695. The van der Waals surface area contributed by atoms with Crippen LogP contribution < -0.4 is 0 Å². The van der Waals surface area contributed by atoms with Crippen LogP contribution in [0.25, 0.3) is 10.2 Å². The molecule has 118 valence electrons. The number of nitrogens with zero attached hydrogens (tertiary/aromatic N) is 6. The van der Waals surface area contributed by atoms with Gasteiger partial charge in [-0.1, -0.05) is 12.1 Å². The van der Waals surface area contributed by atoms with Gasteiger partial charge in [-0.15, -0.1) is 16.4 Å². The average molecular weight is 328 g/mol. The highest BCUT2D eigenvalue weighted by Crippen LogP contribution is 2.33. The monoisotopic (exact) mass is 328 g/mol. The average Bonchev–Trinajstić information content (AvgIpc) is 3.24. The second-order valence-electron chi connectivity index (χ2n) is 5.68. The predicted octanol–water partition coefficient (Wildman–Crippen LogP) is 1.69. The van der Waals surface area contributed by atoms with Crippen molar-refractivity contribution in [2.24, 2.45) is 0 Å². The number of piperidine rings is 1. The van der Waals surface area contributed by atoms with Crippen LogP contribution in [0.1, 0.15) is 23.8 Å². The van der Waals surface area contributed by atoms with Crippen molar-refractivity contribution in [3.05, 3.63) is 35.6 Å². The maximum Gasteiger partial charge on any atom is 0.244 e. The summed E-state index contributed by atoms with van der Waals surface area (Å²) in [4.78, 5) is 18.9. The van der Waals surface area contributed by atoms with Crippen molar-refractivity contribution < 1.29 is 4.79 Å². The van der Waals surface area contributed by atoms with Gasteiger partial charge in [0.15, 0.2) is 0 Å². The van der Waals surface area contributed by atoms with Crippen molar-refractivity contribution >= 4 is 27.5 Å². The van der Waals surface area contributed by atoms with Gasteiger partial charge in [-0.05, 0) is 35.4 Å². The van der Waals surface area contributed by atoms with Crippen molar-refractivity contribution in [2.45, 2.75) is 25.3 Å².